The monoisotopic (exact) mass is 355 g/mol. The molecule has 2 aromatic rings. The Balaban J connectivity index is 1.50. The van der Waals surface area contributed by atoms with E-state index < -0.39 is 5.97 Å². The van der Waals surface area contributed by atoms with E-state index in [4.69, 9.17) is 4.74 Å². The van der Waals surface area contributed by atoms with E-state index in [2.05, 4.69) is 16.1 Å². The quantitative estimate of drug-likeness (QED) is 0.913. The number of benzene rings is 1. The van der Waals surface area contributed by atoms with E-state index in [1.54, 1.807) is 6.07 Å². The van der Waals surface area contributed by atoms with Gasteiger partial charge in [-0.1, -0.05) is 12.1 Å². The molecule has 0 saturated carbocycles. The number of rotatable bonds is 4. The maximum Gasteiger partial charge on any atom is 0.335 e. The van der Waals surface area contributed by atoms with Crippen molar-refractivity contribution in [3.05, 3.63) is 52.3 Å². The Morgan fingerprint density at radius 1 is 1.42 bits per heavy atom. The number of likely N-dealkylation sites (tertiary alicyclic amines) is 1. The van der Waals surface area contributed by atoms with Crippen molar-refractivity contribution in [2.45, 2.75) is 38.3 Å². The minimum absolute atomic E-state index is 0.373. The predicted octanol–water partition coefficient (Wildman–Crippen LogP) is 2.57. The number of hydrogen-bond acceptors (Lipinski definition) is 4. The van der Waals surface area contributed by atoms with Gasteiger partial charge in [0.2, 0.25) is 0 Å². The van der Waals surface area contributed by atoms with Crippen LogP contribution >= 0.6 is 0 Å². The third-order valence-corrected chi connectivity index (χ3v) is 5.57. The van der Waals surface area contributed by atoms with E-state index >= 15 is 0 Å². The highest BCUT2D eigenvalue weighted by Crippen LogP contribution is 2.29. The van der Waals surface area contributed by atoms with E-state index in [1.807, 2.05) is 23.9 Å². The number of fused-ring (bicyclic) bond motifs is 1. The molecular weight excluding hydrogens is 330 g/mol. The van der Waals surface area contributed by atoms with Crippen LogP contribution in [0.25, 0.3) is 0 Å². The van der Waals surface area contributed by atoms with Crippen LogP contribution in [0.4, 0.5) is 0 Å². The average molecular weight is 355 g/mol. The van der Waals surface area contributed by atoms with Crippen molar-refractivity contribution in [3.63, 3.8) is 0 Å². The van der Waals surface area contributed by atoms with Crippen LogP contribution in [0.1, 0.15) is 51.6 Å². The van der Waals surface area contributed by atoms with Crippen LogP contribution in [0.5, 0.6) is 0 Å². The van der Waals surface area contributed by atoms with E-state index in [0.717, 1.165) is 51.1 Å². The lowest BCUT2D eigenvalue weighted by Crippen LogP contribution is -2.34. The van der Waals surface area contributed by atoms with Crippen molar-refractivity contribution in [3.8, 4) is 0 Å². The summed E-state index contributed by atoms with van der Waals surface area (Å²) in [6, 6.07) is 7.40. The minimum atomic E-state index is -0.860. The molecule has 1 aromatic carbocycles. The molecule has 1 fully saturated rings. The summed E-state index contributed by atoms with van der Waals surface area (Å²) in [5.41, 5.74) is 5.19. The van der Waals surface area contributed by atoms with Gasteiger partial charge >= 0.3 is 5.97 Å². The second-order valence-corrected chi connectivity index (χ2v) is 7.30. The van der Waals surface area contributed by atoms with Gasteiger partial charge in [0.1, 0.15) is 0 Å². The standard InChI is InChI=1S/C20H25N3O3/c1-22-19(17-13-26-9-7-18(17)21-22)12-23-8-3-6-16(11-23)14-4-2-5-15(10-14)20(24)25/h2,4-5,10,16H,3,6-9,11-13H2,1H3,(H,24,25). The van der Waals surface area contributed by atoms with Gasteiger partial charge in [0.15, 0.2) is 0 Å². The Bertz CT molecular complexity index is 815. The van der Waals surface area contributed by atoms with Gasteiger partial charge in [0.25, 0.3) is 0 Å². The maximum absolute atomic E-state index is 11.3. The zero-order valence-electron chi connectivity index (χ0n) is 15.1. The SMILES string of the molecule is Cn1nc2c(c1CN1CCCC(c3cccc(C(=O)O)c3)C1)COCC2. The first-order valence-electron chi connectivity index (χ1n) is 9.29. The third-order valence-electron chi connectivity index (χ3n) is 5.57. The first-order valence-corrected chi connectivity index (χ1v) is 9.29. The van der Waals surface area contributed by atoms with Crippen molar-refractivity contribution >= 4 is 5.97 Å². The lowest BCUT2D eigenvalue weighted by atomic mass is 9.89. The summed E-state index contributed by atoms with van der Waals surface area (Å²) in [5, 5.41) is 13.9. The Morgan fingerprint density at radius 3 is 3.15 bits per heavy atom. The number of aromatic carboxylic acids is 1. The molecule has 1 saturated heterocycles. The number of nitrogens with zero attached hydrogens (tertiary/aromatic N) is 3. The van der Waals surface area contributed by atoms with Crippen molar-refractivity contribution in [1.82, 2.24) is 14.7 Å². The van der Waals surface area contributed by atoms with Crippen LogP contribution < -0.4 is 0 Å². The molecule has 138 valence electrons. The zero-order valence-corrected chi connectivity index (χ0v) is 15.1. The fraction of sp³-hybridized carbons (Fsp3) is 0.500. The average Bonchev–Trinajstić information content (AvgIpc) is 2.97. The maximum atomic E-state index is 11.3. The molecule has 4 rings (SSSR count). The number of ether oxygens (including phenoxy) is 1. The molecule has 1 unspecified atom stereocenters. The number of carboxylic acid groups (broad SMARTS) is 1. The van der Waals surface area contributed by atoms with Crippen molar-refractivity contribution in [2.75, 3.05) is 19.7 Å². The number of piperidine rings is 1. The van der Waals surface area contributed by atoms with E-state index in [-0.39, 0.29) is 0 Å². The van der Waals surface area contributed by atoms with Gasteiger partial charge in [-0.3, -0.25) is 9.58 Å². The molecule has 3 heterocycles. The molecule has 26 heavy (non-hydrogen) atoms. The molecule has 0 bridgehead atoms. The number of hydrogen-bond donors (Lipinski definition) is 1. The Hall–Kier alpha value is -2.18. The summed E-state index contributed by atoms with van der Waals surface area (Å²) in [4.78, 5) is 13.7. The van der Waals surface area contributed by atoms with Gasteiger partial charge in [-0.05, 0) is 43.0 Å². The molecule has 0 aliphatic carbocycles. The molecule has 6 heteroatoms. The summed E-state index contributed by atoms with van der Waals surface area (Å²) < 4.78 is 7.65. The van der Waals surface area contributed by atoms with Crippen molar-refractivity contribution < 1.29 is 14.6 Å². The molecule has 0 spiro atoms. The highest BCUT2D eigenvalue weighted by atomic mass is 16.5. The summed E-state index contributed by atoms with van der Waals surface area (Å²) in [6.45, 7) is 4.31. The molecule has 6 nitrogen and oxygen atoms in total. The van der Waals surface area contributed by atoms with Crippen LogP contribution in [0.15, 0.2) is 24.3 Å². The molecule has 2 aliphatic heterocycles. The van der Waals surface area contributed by atoms with Gasteiger partial charge in [-0.2, -0.15) is 5.10 Å². The van der Waals surface area contributed by atoms with Gasteiger partial charge in [0, 0.05) is 32.1 Å². The largest absolute Gasteiger partial charge is 0.478 e. The predicted molar refractivity (Wildman–Crippen MR) is 97.2 cm³/mol. The summed E-state index contributed by atoms with van der Waals surface area (Å²) in [6.07, 6.45) is 3.12. The molecule has 2 aliphatic rings. The number of carboxylic acids is 1. The molecule has 1 N–H and O–H groups in total. The molecule has 0 radical (unpaired) electrons. The van der Waals surface area contributed by atoms with E-state index in [1.165, 1.54) is 17.0 Å². The second kappa shape index (κ2) is 7.21. The fourth-order valence-corrected chi connectivity index (χ4v) is 4.18. The smallest absolute Gasteiger partial charge is 0.335 e. The zero-order chi connectivity index (χ0) is 18.1. The van der Waals surface area contributed by atoms with Crippen molar-refractivity contribution in [2.24, 2.45) is 7.05 Å². The first kappa shape index (κ1) is 17.2. The Labute approximate surface area is 153 Å². The summed E-state index contributed by atoms with van der Waals surface area (Å²) >= 11 is 0. The minimum Gasteiger partial charge on any atom is -0.478 e. The lowest BCUT2D eigenvalue weighted by Gasteiger charge is -2.33. The Kier molecular flexibility index (Phi) is 4.78. The van der Waals surface area contributed by atoms with Crippen LogP contribution in [-0.2, 0) is 31.4 Å². The molecule has 1 aromatic heterocycles. The van der Waals surface area contributed by atoms with Gasteiger partial charge in [-0.25, -0.2) is 4.79 Å². The molecule has 1 atom stereocenters. The van der Waals surface area contributed by atoms with Crippen LogP contribution in [-0.4, -0.2) is 45.5 Å². The van der Waals surface area contributed by atoms with Gasteiger partial charge in [-0.15, -0.1) is 0 Å². The molecular formula is C20H25N3O3. The lowest BCUT2D eigenvalue weighted by molar-refractivity contribution is 0.0696. The fourth-order valence-electron chi connectivity index (χ4n) is 4.18. The highest BCUT2D eigenvalue weighted by Gasteiger charge is 2.26. The van der Waals surface area contributed by atoms with Crippen LogP contribution in [0.2, 0.25) is 0 Å². The summed E-state index contributed by atoms with van der Waals surface area (Å²) in [5.74, 6) is -0.482. The first-order chi connectivity index (χ1) is 12.6. The van der Waals surface area contributed by atoms with E-state index in [9.17, 15) is 9.90 Å². The van der Waals surface area contributed by atoms with E-state index in [0.29, 0.717) is 18.1 Å². The number of aromatic nitrogens is 2. The van der Waals surface area contributed by atoms with Gasteiger partial charge in [0.05, 0.1) is 30.2 Å². The topological polar surface area (TPSA) is 67.6 Å². The molecule has 0 amide bonds. The second-order valence-electron chi connectivity index (χ2n) is 7.30. The normalized spacial score (nSPS) is 20.7. The van der Waals surface area contributed by atoms with Crippen molar-refractivity contribution in [1.29, 1.82) is 0 Å². The van der Waals surface area contributed by atoms with Crippen LogP contribution in [0.3, 0.4) is 0 Å². The van der Waals surface area contributed by atoms with Gasteiger partial charge < -0.3 is 9.84 Å². The number of aryl methyl sites for hydroxylation is 1. The summed E-state index contributed by atoms with van der Waals surface area (Å²) in [7, 11) is 2.02. The highest BCUT2D eigenvalue weighted by molar-refractivity contribution is 5.87. The van der Waals surface area contributed by atoms with Crippen LogP contribution in [0, 0.1) is 0 Å². The third kappa shape index (κ3) is 3.39. The Morgan fingerprint density at radius 2 is 2.31 bits per heavy atom. The number of carbonyl (C=O) groups is 1.